The smallest absolute Gasteiger partial charge is 0.236 e. The van der Waals surface area contributed by atoms with Crippen molar-refractivity contribution in [1.82, 2.24) is 25.0 Å². The topological polar surface area (TPSA) is 94.8 Å². The van der Waals surface area contributed by atoms with E-state index in [9.17, 15) is 13.6 Å². The Morgan fingerprint density at radius 2 is 2.11 bits per heavy atom. The van der Waals surface area contributed by atoms with Crippen LogP contribution in [0.3, 0.4) is 0 Å². The van der Waals surface area contributed by atoms with E-state index in [0.29, 0.717) is 16.1 Å². The normalized spacial score (nSPS) is 12.0. The van der Waals surface area contributed by atoms with Gasteiger partial charge in [-0.25, -0.2) is 8.78 Å². The maximum absolute atomic E-state index is 13.8. The monoisotopic (exact) mass is 426 g/mol. The minimum Gasteiger partial charge on any atom is -0.480 e. The van der Waals surface area contributed by atoms with Crippen LogP contribution >= 0.6 is 23.1 Å². The van der Waals surface area contributed by atoms with Gasteiger partial charge in [-0.05, 0) is 26.0 Å². The van der Waals surface area contributed by atoms with Gasteiger partial charge in [-0.1, -0.05) is 23.1 Å². The minimum absolute atomic E-state index is 0.0853. The molecule has 0 radical (unpaired) electrons. The summed E-state index contributed by atoms with van der Waals surface area (Å²) in [5.41, 5.74) is 0. The number of halogens is 2. The van der Waals surface area contributed by atoms with Gasteiger partial charge in [0.2, 0.25) is 11.0 Å². The molecule has 8 nitrogen and oxygen atoms in total. The van der Waals surface area contributed by atoms with Gasteiger partial charge < -0.3 is 9.30 Å². The van der Waals surface area contributed by atoms with Crippen molar-refractivity contribution >= 4 is 34.1 Å². The van der Waals surface area contributed by atoms with Crippen LogP contribution in [0.15, 0.2) is 23.4 Å². The Kier molecular flexibility index (Phi) is 6.19. The zero-order valence-electron chi connectivity index (χ0n) is 15.1. The molecule has 1 N–H and O–H groups in total. The van der Waals surface area contributed by atoms with Crippen molar-refractivity contribution in [3.8, 4) is 5.75 Å². The van der Waals surface area contributed by atoms with Gasteiger partial charge in [0.25, 0.3) is 0 Å². The van der Waals surface area contributed by atoms with E-state index in [4.69, 9.17) is 4.74 Å². The Morgan fingerprint density at radius 3 is 2.79 bits per heavy atom. The Labute approximate surface area is 167 Å². The number of amides is 1. The van der Waals surface area contributed by atoms with Crippen LogP contribution in [0.4, 0.5) is 13.9 Å². The number of nitrogens with zero attached hydrogens (tertiary/aromatic N) is 5. The van der Waals surface area contributed by atoms with E-state index in [1.807, 2.05) is 0 Å². The molecule has 0 saturated carbocycles. The fraction of sp³-hybridized carbons (Fsp3) is 0.312. The van der Waals surface area contributed by atoms with Crippen LogP contribution < -0.4 is 10.1 Å². The molecule has 1 aromatic carbocycles. The molecule has 1 unspecified atom stereocenters. The SMILES string of the molecule is Cc1nnc(NC(=O)CSc2nnc(C(C)Oc3ccc(F)cc3F)n2C)s1. The molecule has 3 rings (SSSR count). The lowest BCUT2D eigenvalue weighted by Gasteiger charge is -2.14. The second kappa shape index (κ2) is 8.61. The number of rotatable bonds is 7. The highest BCUT2D eigenvalue weighted by Gasteiger charge is 2.19. The molecule has 2 heterocycles. The molecule has 148 valence electrons. The van der Waals surface area contributed by atoms with Crippen LogP contribution in [-0.2, 0) is 11.8 Å². The van der Waals surface area contributed by atoms with Crippen molar-refractivity contribution in [2.45, 2.75) is 25.1 Å². The Hall–Kier alpha value is -2.60. The standard InChI is InChI=1S/C16H16F2N6O2S2/c1-8(26-12-5-4-10(17)6-11(12)18)14-21-23-16(24(14)3)27-7-13(25)19-15-22-20-9(2)28-15/h4-6,8H,7H2,1-3H3,(H,19,22,25). The van der Waals surface area contributed by atoms with Gasteiger partial charge in [0.1, 0.15) is 10.8 Å². The maximum Gasteiger partial charge on any atom is 0.236 e. The number of hydrogen-bond acceptors (Lipinski definition) is 8. The first-order valence-electron chi connectivity index (χ1n) is 8.07. The van der Waals surface area contributed by atoms with Crippen LogP contribution in [0, 0.1) is 18.6 Å². The van der Waals surface area contributed by atoms with E-state index in [1.54, 1.807) is 25.5 Å². The van der Waals surface area contributed by atoms with E-state index in [2.05, 4.69) is 25.7 Å². The third kappa shape index (κ3) is 4.81. The van der Waals surface area contributed by atoms with Crippen LogP contribution in [0.5, 0.6) is 5.75 Å². The molecule has 1 atom stereocenters. The first kappa shape index (κ1) is 20.1. The third-order valence-corrected chi connectivity index (χ3v) is 5.31. The fourth-order valence-corrected chi connectivity index (χ4v) is 3.58. The molecule has 1 amide bonds. The van der Waals surface area contributed by atoms with Crippen molar-refractivity contribution in [1.29, 1.82) is 0 Å². The minimum atomic E-state index is -0.799. The lowest BCUT2D eigenvalue weighted by molar-refractivity contribution is -0.113. The van der Waals surface area contributed by atoms with Gasteiger partial charge in [0.05, 0.1) is 5.75 Å². The van der Waals surface area contributed by atoms with E-state index in [1.165, 1.54) is 29.2 Å². The summed E-state index contributed by atoms with van der Waals surface area (Å²) in [4.78, 5) is 12.0. The van der Waals surface area contributed by atoms with Crippen LogP contribution in [0.1, 0.15) is 23.9 Å². The highest BCUT2D eigenvalue weighted by molar-refractivity contribution is 7.99. The number of aryl methyl sites for hydroxylation is 1. The average Bonchev–Trinajstić information content (AvgIpc) is 3.21. The predicted octanol–water partition coefficient (Wildman–Crippen LogP) is 3.12. The predicted molar refractivity (Wildman–Crippen MR) is 100 cm³/mol. The van der Waals surface area contributed by atoms with Crippen molar-refractivity contribution in [3.05, 3.63) is 40.7 Å². The summed E-state index contributed by atoms with van der Waals surface area (Å²) in [5.74, 6) is -1.27. The maximum atomic E-state index is 13.8. The van der Waals surface area contributed by atoms with Crippen LogP contribution in [0.2, 0.25) is 0 Å². The molecule has 2 aromatic heterocycles. The molecule has 0 saturated heterocycles. The zero-order chi connectivity index (χ0) is 20.3. The number of thioether (sulfide) groups is 1. The summed E-state index contributed by atoms with van der Waals surface area (Å²) in [5, 5.41) is 20.1. The Bertz CT molecular complexity index is 993. The lowest BCUT2D eigenvalue weighted by atomic mass is 10.3. The Balaban J connectivity index is 1.60. The average molecular weight is 426 g/mol. The van der Waals surface area contributed by atoms with Gasteiger partial charge in [0.15, 0.2) is 28.7 Å². The Morgan fingerprint density at radius 1 is 1.32 bits per heavy atom. The number of carbonyl (C=O) groups excluding carboxylic acids is 1. The number of nitrogens with one attached hydrogen (secondary N) is 1. The van der Waals surface area contributed by atoms with Crippen LogP contribution in [-0.4, -0.2) is 36.6 Å². The largest absolute Gasteiger partial charge is 0.480 e. The van der Waals surface area contributed by atoms with Gasteiger partial charge in [-0.2, -0.15) is 0 Å². The number of benzene rings is 1. The number of ether oxygens (including phenoxy) is 1. The number of carbonyl (C=O) groups is 1. The lowest BCUT2D eigenvalue weighted by Crippen LogP contribution is -2.14. The second-order valence-corrected chi connectivity index (χ2v) is 7.82. The molecular formula is C16H16F2N6O2S2. The summed E-state index contributed by atoms with van der Waals surface area (Å²) in [6.45, 7) is 3.47. The van der Waals surface area contributed by atoms with Gasteiger partial charge in [-0.15, -0.1) is 20.4 Å². The molecule has 0 aliphatic heterocycles. The van der Waals surface area contributed by atoms with Gasteiger partial charge in [-0.3, -0.25) is 10.1 Å². The number of hydrogen-bond donors (Lipinski definition) is 1. The molecule has 0 aliphatic rings. The third-order valence-electron chi connectivity index (χ3n) is 3.53. The molecule has 0 fully saturated rings. The zero-order valence-corrected chi connectivity index (χ0v) is 16.8. The molecule has 0 bridgehead atoms. The highest BCUT2D eigenvalue weighted by Crippen LogP contribution is 2.26. The van der Waals surface area contributed by atoms with Gasteiger partial charge >= 0.3 is 0 Å². The van der Waals surface area contributed by atoms with Crippen molar-refractivity contribution in [2.75, 3.05) is 11.1 Å². The van der Waals surface area contributed by atoms with E-state index in [0.717, 1.165) is 17.1 Å². The molecule has 0 aliphatic carbocycles. The number of anilines is 1. The van der Waals surface area contributed by atoms with E-state index >= 15 is 0 Å². The summed E-state index contributed by atoms with van der Waals surface area (Å²) in [6, 6.07) is 3.08. The molecular weight excluding hydrogens is 410 g/mol. The van der Waals surface area contributed by atoms with Gasteiger partial charge in [0, 0.05) is 13.1 Å². The summed E-state index contributed by atoms with van der Waals surface area (Å²) < 4.78 is 33.9. The molecule has 0 spiro atoms. The van der Waals surface area contributed by atoms with E-state index < -0.39 is 17.7 Å². The first-order chi connectivity index (χ1) is 13.3. The molecule has 28 heavy (non-hydrogen) atoms. The van der Waals surface area contributed by atoms with Crippen molar-refractivity contribution in [2.24, 2.45) is 7.05 Å². The quantitative estimate of drug-likeness (QED) is 0.580. The van der Waals surface area contributed by atoms with Crippen molar-refractivity contribution < 1.29 is 18.3 Å². The summed E-state index contributed by atoms with van der Waals surface area (Å²) in [7, 11) is 1.71. The molecule has 12 heteroatoms. The summed E-state index contributed by atoms with van der Waals surface area (Å²) >= 11 is 2.47. The van der Waals surface area contributed by atoms with Crippen molar-refractivity contribution in [3.63, 3.8) is 0 Å². The van der Waals surface area contributed by atoms with E-state index in [-0.39, 0.29) is 17.4 Å². The summed E-state index contributed by atoms with van der Waals surface area (Å²) in [6.07, 6.45) is -0.634. The second-order valence-electron chi connectivity index (χ2n) is 5.70. The highest BCUT2D eigenvalue weighted by atomic mass is 32.2. The molecule has 3 aromatic rings. The first-order valence-corrected chi connectivity index (χ1v) is 9.87. The number of aromatic nitrogens is 5. The fourth-order valence-electron chi connectivity index (χ4n) is 2.25. The van der Waals surface area contributed by atoms with Crippen LogP contribution in [0.25, 0.3) is 0 Å².